The summed E-state index contributed by atoms with van der Waals surface area (Å²) in [6.45, 7) is 0.892. The Bertz CT molecular complexity index is 473. The topological polar surface area (TPSA) is 74.5 Å². The maximum atomic E-state index is 9.16. The van der Waals surface area contributed by atoms with E-state index in [4.69, 9.17) is 19.8 Å². The van der Waals surface area contributed by atoms with E-state index in [9.17, 15) is 0 Å². The van der Waals surface area contributed by atoms with Gasteiger partial charge in [0.2, 0.25) is 6.79 Å². The molecule has 0 fully saturated rings. The molecule has 0 aromatic heterocycles. The lowest BCUT2D eigenvalue weighted by atomic mass is 10.1. The Morgan fingerprint density at radius 2 is 2.33 bits per heavy atom. The first-order valence-electron chi connectivity index (χ1n) is 5.59. The number of fused-ring (bicyclic) bond motifs is 1. The number of aliphatic hydroxyl groups excluding tert-OH is 1. The maximum absolute atomic E-state index is 9.16. The van der Waals surface area contributed by atoms with Crippen molar-refractivity contribution in [3.05, 3.63) is 22.2 Å². The van der Waals surface area contributed by atoms with Crippen molar-refractivity contribution in [2.24, 2.45) is 0 Å². The first kappa shape index (κ1) is 13.1. The summed E-state index contributed by atoms with van der Waals surface area (Å²) in [5, 5.41) is 20.9. The molecular formula is C12H13BrN2O3. The quantitative estimate of drug-likeness (QED) is 0.810. The maximum Gasteiger partial charge on any atom is 0.231 e. The number of nitrogens with zero attached hydrogens (tertiary/aromatic N) is 1. The van der Waals surface area contributed by atoms with Crippen LogP contribution in [0, 0.1) is 11.3 Å². The highest BCUT2D eigenvalue weighted by molar-refractivity contribution is 9.10. The van der Waals surface area contributed by atoms with E-state index in [2.05, 4.69) is 27.3 Å². The molecule has 1 unspecified atom stereocenters. The van der Waals surface area contributed by atoms with Gasteiger partial charge in [-0.2, -0.15) is 5.26 Å². The molecule has 1 aliphatic rings. The second kappa shape index (κ2) is 6.05. The zero-order valence-electron chi connectivity index (χ0n) is 9.65. The number of hydrogen-bond acceptors (Lipinski definition) is 5. The third kappa shape index (κ3) is 2.75. The molecule has 0 saturated carbocycles. The van der Waals surface area contributed by atoms with Crippen molar-refractivity contribution in [1.82, 2.24) is 5.32 Å². The zero-order valence-corrected chi connectivity index (χ0v) is 11.2. The molecule has 0 radical (unpaired) electrons. The summed E-state index contributed by atoms with van der Waals surface area (Å²) in [6.07, 6.45) is 0.615. The van der Waals surface area contributed by atoms with Crippen molar-refractivity contribution in [2.75, 3.05) is 19.9 Å². The molecule has 0 bridgehead atoms. The second-order valence-corrected chi connectivity index (χ2v) is 4.68. The average Bonchev–Trinajstić information content (AvgIpc) is 2.83. The lowest BCUT2D eigenvalue weighted by Crippen LogP contribution is -2.21. The van der Waals surface area contributed by atoms with Crippen LogP contribution in [0.3, 0.4) is 0 Å². The lowest BCUT2D eigenvalue weighted by molar-refractivity contribution is 0.173. The van der Waals surface area contributed by atoms with Gasteiger partial charge in [-0.1, -0.05) is 0 Å². The van der Waals surface area contributed by atoms with Crippen LogP contribution in [0.15, 0.2) is 16.6 Å². The van der Waals surface area contributed by atoms with E-state index < -0.39 is 6.04 Å². The SMILES string of the molecule is N#CC(NCCCO)c1cc(Br)c2c(c1)OCO2. The number of nitriles is 1. The van der Waals surface area contributed by atoms with E-state index in [1.165, 1.54) is 0 Å². The minimum absolute atomic E-state index is 0.107. The molecule has 6 heteroatoms. The molecule has 0 aliphatic carbocycles. The molecule has 1 atom stereocenters. The van der Waals surface area contributed by atoms with Gasteiger partial charge in [0.1, 0.15) is 6.04 Å². The van der Waals surface area contributed by atoms with Crippen molar-refractivity contribution >= 4 is 15.9 Å². The molecule has 1 aliphatic heterocycles. The van der Waals surface area contributed by atoms with Crippen molar-refractivity contribution in [3.63, 3.8) is 0 Å². The molecule has 1 aromatic carbocycles. The van der Waals surface area contributed by atoms with Gasteiger partial charge in [-0.15, -0.1) is 0 Å². The monoisotopic (exact) mass is 312 g/mol. The summed E-state index contributed by atoms with van der Waals surface area (Å²) in [4.78, 5) is 0. The number of hydrogen-bond donors (Lipinski definition) is 2. The Balaban J connectivity index is 2.16. The number of rotatable bonds is 5. The molecule has 18 heavy (non-hydrogen) atoms. The van der Waals surface area contributed by atoms with Gasteiger partial charge >= 0.3 is 0 Å². The van der Waals surface area contributed by atoms with Crippen LogP contribution < -0.4 is 14.8 Å². The molecular weight excluding hydrogens is 300 g/mol. The van der Waals surface area contributed by atoms with E-state index >= 15 is 0 Å². The van der Waals surface area contributed by atoms with Gasteiger partial charge in [-0.3, -0.25) is 5.32 Å². The van der Waals surface area contributed by atoms with Crippen LogP contribution in [-0.2, 0) is 0 Å². The van der Waals surface area contributed by atoms with Crippen molar-refractivity contribution in [1.29, 1.82) is 5.26 Å². The summed E-state index contributed by atoms with van der Waals surface area (Å²) in [7, 11) is 0. The van der Waals surface area contributed by atoms with E-state index in [0.717, 1.165) is 10.0 Å². The fraction of sp³-hybridized carbons (Fsp3) is 0.417. The summed E-state index contributed by atoms with van der Waals surface area (Å²) >= 11 is 3.40. The molecule has 0 saturated heterocycles. The molecule has 96 valence electrons. The molecule has 0 spiro atoms. The number of aliphatic hydroxyl groups is 1. The van der Waals surface area contributed by atoms with Crippen LogP contribution in [0.1, 0.15) is 18.0 Å². The summed E-state index contributed by atoms with van der Waals surface area (Å²) in [5.74, 6) is 1.31. The van der Waals surface area contributed by atoms with Crippen molar-refractivity contribution in [3.8, 4) is 17.6 Å². The third-order valence-corrected chi connectivity index (χ3v) is 3.18. The lowest BCUT2D eigenvalue weighted by Gasteiger charge is -2.12. The standard InChI is InChI=1S/C12H13BrN2O3/c13-9-4-8(5-11-12(9)18-7-17-11)10(6-14)15-2-1-3-16/h4-5,10,15-16H,1-3,7H2. The Kier molecular flexibility index (Phi) is 4.42. The number of ether oxygens (including phenoxy) is 2. The van der Waals surface area contributed by atoms with Crippen LogP contribution in [0.2, 0.25) is 0 Å². The summed E-state index contributed by atoms with van der Waals surface area (Å²) in [6, 6.07) is 5.40. The largest absolute Gasteiger partial charge is 0.454 e. The predicted molar refractivity (Wildman–Crippen MR) is 68.3 cm³/mol. The van der Waals surface area contributed by atoms with E-state index in [0.29, 0.717) is 24.5 Å². The van der Waals surface area contributed by atoms with E-state index in [1.54, 1.807) is 6.07 Å². The van der Waals surface area contributed by atoms with E-state index in [-0.39, 0.29) is 13.4 Å². The fourth-order valence-electron chi connectivity index (χ4n) is 1.72. The molecule has 1 heterocycles. The molecule has 2 N–H and O–H groups in total. The Morgan fingerprint density at radius 1 is 1.50 bits per heavy atom. The third-order valence-electron chi connectivity index (χ3n) is 2.60. The van der Waals surface area contributed by atoms with Crippen LogP contribution in [-0.4, -0.2) is 25.1 Å². The Labute approximate surface area is 113 Å². The summed E-state index contributed by atoms with van der Waals surface area (Å²) in [5.41, 5.74) is 0.812. The van der Waals surface area contributed by atoms with Crippen LogP contribution >= 0.6 is 15.9 Å². The number of halogens is 1. The van der Waals surface area contributed by atoms with Crippen molar-refractivity contribution < 1.29 is 14.6 Å². The highest BCUT2D eigenvalue weighted by Gasteiger charge is 2.21. The summed E-state index contributed by atoms with van der Waals surface area (Å²) < 4.78 is 11.4. The van der Waals surface area contributed by atoms with Gasteiger partial charge in [0, 0.05) is 6.61 Å². The van der Waals surface area contributed by atoms with Crippen LogP contribution in [0.25, 0.3) is 0 Å². The zero-order chi connectivity index (χ0) is 13.0. The minimum atomic E-state index is -0.428. The van der Waals surface area contributed by atoms with Gasteiger partial charge in [-0.25, -0.2) is 0 Å². The number of nitrogens with one attached hydrogen (secondary N) is 1. The molecule has 2 rings (SSSR count). The van der Waals surface area contributed by atoms with Gasteiger partial charge in [0.15, 0.2) is 11.5 Å². The second-order valence-electron chi connectivity index (χ2n) is 3.83. The number of benzene rings is 1. The highest BCUT2D eigenvalue weighted by atomic mass is 79.9. The first-order chi connectivity index (χ1) is 8.76. The van der Waals surface area contributed by atoms with Crippen LogP contribution in [0.4, 0.5) is 0 Å². The smallest absolute Gasteiger partial charge is 0.231 e. The minimum Gasteiger partial charge on any atom is -0.454 e. The van der Waals surface area contributed by atoms with Crippen LogP contribution in [0.5, 0.6) is 11.5 Å². The highest BCUT2D eigenvalue weighted by Crippen LogP contribution is 2.41. The van der Waals surface area contributed by atoms with E-state index in [1.807, 2.05) is 6.07 Å². The van der Waals surface area contributed by atoms with Gasteiger partial charge in [0.05, 0.1) is 10.5 Å². The Hall–Kier alpha value is -1.29. The predicted octanol–water partition coefficient (Wildman–Crippen LogP) is 1.71. The van der Waals surface area contributed by atoms with Crippen molar-refractivity contribution in [2.45, 2.75) is 12.5 Å². The Morgan fingerprint density at radius 3 is 3.06 bits per heavy atom. The van der Waals surface area contributed by atoms with Gasteiger partial charge in [-0.05, 0) is 46.6 Å². The van der Waals surface area contributed by atoms with Gasteiger partial charge < -0.3 is 14.6 Å². The normalized spacial score (nSPS) is 14.3. The molecule has 1 aromatic rings. The average molecular weight is 313 g/mol. The first-order valence-corrected chi connectivity index (χ1v) is 6.38. The molecule has 5 nitrogen and oxygen atoms in total. The fourth-order valence-corrected chi connectivity index (χ4v) is 2.29. The molecule has 0 amide bonds. The van der Waals surface area contributed by atoms with Gasteiger partial charge in [0.25, 0.3) is 0 Å².